The molecule has 1 aromatic carbocycles. The predicted molar refractivity (Wildman–Crippen MR) is 88.5 cm³/mol. The molecule has 0 aromatic heterocycles. The average molecular weight is 320 g/mol. The van der Waals surface area contributed by atoms with Crippen LogP contribution in [0.15, 0.2) is 18.2 Å². The molecule has 126 valence electrons. The number of hydrogen-bond acceptors (Lipinski definition) is 4. The quantitative estimate of drug-likeness (QED) is 0.906. The van der Waals surface area contributed by atoms with Gasteiger partial charge in [0, 0.05) is 30.8 Å². The number of benzene rings is 1. The van der Waals surface area contributed by atoms with E-state index in [1.165, 1.54) is 6.07 Å². The summed E-state index contributed by atoms with van der Waals surface area (Å²) in [6.45, 7) is 4.79. The van der Waals surface area contributed by atoms with E-state index in [2.05, 4.69) is 12.2 Å². The Morgan fingerprint density at radius 1 is 1.43 bits per heavy atom. The van der Waals surface area contributed by atoms with Crippen molar-refractivity contribution in [2.24, 2.45) is 5.92 Å². The number of piperidine rings is 1. The van der Waals surface area contributed by atoms with Crippen LogP contribution in [-0.2, 0) is 4.79 Å². The zero-order valence-electron chi connectivity index (χ0n) is 13.7. The van der Waals surface area contributed by atoms with Crippen LogP contribution in [0.5, 0.6) is 5.75 Å². The molecule has 2 heterocycles. The lowest BCUT2D eigenvalue weighted by Gasteiger charge is -2.33. The van der Waals surface area contributed by atoms with Gasteiger partial charge in [0.1, 0.15) is 6.61 Å². The molecule has 0 aliphatic carbocycles. The summed E-state index contributed by atoms with van der Waals surface area (Å²) in [6.07, 6.45) is 3.84. The first-order valence-electron chi connectivity index (χ1n) is 8.58. The third-order valence-corrected chi connectivity index (χ3v) is 4.82. The van der Waals surface area contributed by atoms with Crippen molar-refractivity contribution in [1.82, 2.24) is 5.32 Å². The molecule has 1 N–H and O–H groups in total. The average Bonchev–Trinajstić information content (AvgIpc) is 3.06. The minimum Gasteiger partial charge on any atom is -0.489 e. The molecule has 0 radical (unpaired) electrons. The number of carbonyl (C=O) groups excluding carboxylic acids is 1. The molecule has 0 saturated carbocycles. The van der Waals surface area contributed by atoms with Crippen molar-refractivity contribution in [2.75, 3.05) is 31.1 Å². The van der Waals surface area contributed by atoms with Crippen LogP contribution in [0.4, 0.5) is 10.1 Å². The van der Waals surface area contributed by atoms with Gasteiger partial charge in [-0.15, -0.1) is 0 Å². The highest BCUT2D eigenvalue weighted by Crippen LogP contribution is 2.28. The van der Waals surface area contributed by atoms with Gasteiger partial charge in [-0.3, -0.25) is 4.79 Å². The first-order chi connectivity index (χ1) is 11.2. The number of halogens is 1. The van der Waals surface area contributed by atoms with E-state index in [1.807, 2.05) is 11.0 Å². The van der Waals surface area contributed by atoms with Crippen molar-refractivity contribution in [3.05, 3.63) is 24.0 Å². The molecule has 1 aromatic rings. The minimum absolute atomic E-state index is 0.233. The fourth-order valence-electron chi connectivity index (χ4n) is 3.40. The Balaban J connectivity index is 1.64. The van der Waals surface area contributed by atoms with E-state index < -0.39 is 0 Å². The molecule has 3 rings (SSSR count). The highest BCUT2D eigenvalue weighted by molar-refractivity contribution is 5.85. The standard InChI is InChI=1S/C18H25FN2O2/c1-2-13-8-16(22)11-21(10-13)15-5-6-18(17(19)9-15)23-12-14-4-3-7-20-14/h5-6,9,13-14,20H,2-4,7-8,10-12H2,1H3/t13?,14-/m1/s1. The summed E-state index contributed by atoms with van der Waals surface area (Å²) in [5, 5.41) is 3.33. The van der Waals surface area contributed by atoms with Gasteiger partial charge in [-0.25, -0.2) is 4.39 Å². The van der Waals surface area contributed by atoms with Crippen molar-refractivity contribution in [3.63, 3.8) is 0 Å². The maximum Gasteiger partial charge on any atom is 0.167 e. The van der Waals surface area contributed by atoms with Crippen LogP contribution >= 0.6 is 0 Å². The molecule has 1 unspecified atom stereocenters. The van der Waals surface area contributed by atoms with E-state index in [-0.39, 0.29) is 17.3 Å². The van der Waals surface area contributed by atoms with E-state index >= 15 is 0 Å². The van der Waals surface area contributed by atoms with Crippen LogP contribution in [0.2, 0.25) is 0 Å². The second-order valence-electron chi connectivity index (χ2n) is 6.62. The molecule has 2 aliphatic heterocycles. The Morgan fingerprint density at radius 2 is 2.30 bits per heavy atom. The van der Waals surface area contributed by atoms with Gasteiger partial charge < -0.3 is 15.0 Å². The fourth-order valence-corrected chi connectivity index (χ4v) is 3.40. The summed E-state index contributed by atoms with van der Waals surface area (Å²) in [4.78, 5) is 13.8. The maximum absolute atomic E-state index is 14.3. The molecule has 2 atom stereocenters. The van der Waals surface area contributed by atoms with Crippen molar-refractivity contribution < 1.29 is 13.9 Å². The van der Waals surface area contributed by atoms with Crippen molar-refractivity contribution in [2.45, 2.75) is 38.6 Å². The van der Waals surface area contributed by atoms with Crippen LogP contribution in [0.3, 0.4) is 0 Å². The molecule has 0 amide bonds. The molecule has 23 heavy (non-hydrogen) atoms. The fraction of sp³-hybridized carbons (Fsp3) is 0.611. The number of ether oxygens (including phenoxy) is 1. The van der Waals surface area contributed by atoms with Crippen molar-refractivity contribution >= 4 is 11.5 Å². The Bertz CT molecular complexity index is 558. The third kappa shape index (κ3) is 4.02. The van der Waals surface area contributed by atoms with Gasteiger partial charge in [0.15, 0.2) is 17.3 Å². The van der Waals surface area contributed by atoms with Crippen LogP contribution < -0.4 is 15.0 Å². The molecular weight excluding hydrogens is 295 g/mol. The summed E-state index contributed by atoms with van der Waals surface area (Å²) in [5.74, 6) is 0.532. The number of nitrogens with one attached hydrogen (secondary N) is 1. The van der Waals surface area contributed by atoms with E-state index in [9.17, 15) is 9.18 Å². The molecule has 4 nitrogen and oxygen atoms in total. The number of Topliss-reactive ketones (excluding diaryl/α,β-unsaturated/α-hetero) is 1. The number of hydrogen-bond donors (Lipinski definition) is 1. The molecule has 0 bridgehead atoms. The second-order valence-corrected chi connectivity index (χ2v) is 6.62. The number of anilines is 1. The minimum atomic E-state index is -0.355. The Hall–Kier alpha value is -1.62. The van der Waals surface area contributed by atoms with E-state index in [0.717, 1.165) is 38.0 Å². The highest BCUT2D eigenvalue weighted by atomic mass is 19.1. The second kappa shape index (κ2) is 7.30. The Kier molecular flexibility index (Phi) is 5.16. The summed E-state index contributed by atoms with van der Waals surface area (Å²) < 4.78 is 19.9. The van der Waals surface area contributed by atoms with Gasteiger partial charge in [0.25, 0.3) is 0 Å². The van der Waals surface area contributed by atoms with E-state index in [4.69, 9.17) is 4.74 Å². The lowest BCUT2D eigenvalue weighted by molar-refractivity contribution is -0.119. The number of carbonyl (C=O) groups is 1. The molecule has 0 spiro atoms. The summed E-state index contributed by atoms with van der Waals surface area (Å²) >= 11 is 0. The normalized spacial score (nSPS) is 25.0. The third-order valence-electron chi connectivity index (χ3n) is 4.82. The number of nitrogens with zero attached hydrogens (tertiary/aromatic N) is 1. The number of rotatable bonds is 5. The lowest BCUT2D eigenvalue weighted by Crippen LogP contribution is -2.40. The summed E-state index contributed by atoms with van der Waals surface area (Å²) in [5.41, 5.74) is 0.764. The smallest absolute Gasteiger partial charge is 0.167 e. The lowest BCUT2D eigenvalue weighted by atomic mass is 9.94. The zero-order valence-corrected chi connectivity index (χ0v) is 13.7. The molecule has 2 aliphatic rings. The first kappa shape index (κ1) is 16.2. The van der Waals surface area contributed by atoms with Crippen LogP contribution in [0.25, 0.3) is 0 Å². The molecule has 2 saturated heterocycles. The van der Waals surface area contributed by atoms with Gasteiger partial charge in [0.05, 0.1) is 6.54 Å². The SMILES string of the molecule is CCC1CC(=O)CN(c2ccc(OC[C@H]3CCCN3)c(F)c2)C1. The van der Waals surface area contributed by atoms with Crippen LogP contribution in [-0.4, -0.2) is 38.1 Å². The van der Waals surface area contributed by atoms with Gasteiger partial charge in [-0.1, -0.05) is 13.3 Å². The topological polar surface area (TPSA) is 41.6 Å². The zero-order chi connectivity index (χ0) is 16.2. The van der Waals surface area contributed by atoms with E-state index in [0.29, 0.717) is 31.5 Å². The largest absolute Gasteiger partial charge is 0.489 e. The van der Waals surface area contributed by atoms with Crippen LogP contribution in [0, 0.1) is 11.7 Å². The Labute approximate surface area is 137 Å². The molecular formula is C18H25FN2O2. The summed E-state index contributed by atoms with van der Waals surface area (Å²) in [7, 11) is 0. The highest BCUT2D eigenvalue weighted by Gasteiger charge is 2.25. The molecule has 5 heteroatoms. The van der Waals surface area contributed by atoms with Crippen molar-refractivity contribution in [1.29, 1.82) is 0 Å². The maximum atomic E-state index is 14.3. The summed E-state index contributed by atoms with van der Waals surface area (Å²) in [6, 6.07) is 5.34. The van der Waals surface area contributed by atoms with Gasteiger partial charge in [-0.05, 0) is 37.4 Å². The number of ketones is 1. The monoisotopic (exact) mass is 320 g/mol. The first-order valence-corrected chi connectivity index (χ1v) is 8.58. The van der Waals surface area contributed by atoms with Crippen molar-refractivity contribution in [3.8, 4) is 5.75 Å². The molecule has 2 fully saturated rings. The van der Waals surface area contributed by atoms with E-state index in [1.54, 1.807) is 6.07 Å². The van der Waals surface area contributed by atoms with Crippen LogP contribution in [0.1, 0.15) is 32.6 Å². The van der Waals surface area contributed by atoms with Gasteiger partial charge in [0.2, 0.25) is 0 Å². The van der Waals surface area contributed by atoms with Gasteiger partial charge in [-0.2, -0.15) is 0 Å². The Morgan fingerprint density at radius 3 is 3.00 bits per heavy atom. The predicted octanol–water partition coefficient (Wildman–Crippen LogP) is 2.76. The van der Waals surface area contributed by atoms with Gasteiger partial charge >= 0.3 is 0 Å².